The van der Waals surface area contributed by atoms with Gasteiger partial charge >= 0.3 is 51.4 Å². The summed E-state index contributed by atoms with van der Waals surface area (Å²) >= 11 is 0. The molecule has 4 heterocycles. The quantitative estimate of drug-likeness (QED) is 0.0727. The third kappa shape index (κ3) is 15.0. The maximum Gasteiger partial charge on any atom is 1.00 e. The second-order valence-electron chi connectivity index (χ2n) is 18.4. The largest absolute Gasteiger partial charge is 1.00 e. The van der Waals surface area contributed by atoms with Crippen molar-refractivity contribution in [1.29, 1.82) is 0 Å². The number of nitrogens with zero attached hydrogens (tertiary/aromatic N) is 7. The van der Waals surface area contributed by atoms with Crippen molar-refractivity contribution in [1.82, 2.24) is 39.3 Å². The van der Waals surface area contributed by atoms with Gasteiger partial charge < -0.3 is 35.1 Å². The van der Waals surface area contributed by atoms with E-state index in [1.54, 1.807) is 20.8 Å². The number of hydrogen-bond donors (Lipinski definition) is 3. The molecule has 9 rings (SSSR count). The summed E-state index contributed by atoms with van der Waals surface area (Å²) in [6.45, 7) is 13.8. The van der Waals surface area contributed by atoms with Crippen molar-refractivity contribution >= 4 is 55.2 Å². The summed E-state index contributed by atoms with van der Waals surface area (Å²) in [4.78, 5) is 41.6. The number of fused-ring (bicyclic) bond motifs is 4. The molecule has 0 spiro atoms. The molecular weight excluding hydrogens is 888 g/mol. The Balaban J connectivity index is 0.000000228. The van der Waals surface area contributed by atoms with Crippen molar-refractivity contribution in [3.63, 3.8) is 0 Å². The molecule has 69 heavy (non-hydrogen) atoms. The fourth-order valence-electron chi connectivity index (χ4n) is 7.90. The number of aryl methyl sites for hydroxylation is 2. The Morgan fingerprint density at radius 2 is 1.06 bits per heavy atom. The number of hydrogen-bond acceptors (Lipinski definition) is 11. The first kappa shape index (κ1) is 54.5. The predicted molar refractivity (Wildman–Crippen MR) is 282 cm³/mol. The number of benzene rings is 5. The summed E-state index contributed by atoms with van der Waals surface area (Å²) in [5.74, 6) is 3.33. The van der Waals surface area contributed by atoms with Crippen LogP contribution in [0.15, 0.2) is 128 Å². The van der Waals surface area contributed by atoms with Gasteiger partial charge in [0.2, 0.25) is 0 Å². The van der Waals surface area contributed by atoms with Crippen LogP contribution < -0.4 is 67.1 Å². The molecule has 0 saturated carbocycles. The average Bonchev–Trinajstić information content (AvgIpc) is 3.92. The van der Waals surface area contributed by atoms with Crippen LogP contribution in [0.2, 0.25) is 0 Å². The zero-order valence-corrected chi connectivity index (χ0v) is 45.1. The number of nitrogens with one attached hydrogen (secondary N) is 3. The Hall–Kier alpha value is -5.42. The number of para-hydroxylation sites is 4. The monoisotopic (exact) mass is 952 g/mol. The van der Waals surface area contributed by atoms with E-state index < -0.39 is 5.60 Å². The minimum atomic E-state index is -0.750. The molecule has 0 saturated heterocycles. The summed E-state index contributed by atoms with van der Waals surface area (Å²) in [7, 11) is 8.40. The Morgan fingerprint density at radius 3 is 1.59 bits per heavy atom. The second kappa shape index (κ2) is 26.0. The van der Waals surface area contributed by atoms with Gasteiger partial charge in [0.05, 0.1) is 11.0 Å². The molecule has 0 fully saturated rings. The van der Waals surface area contributed by atoms with Gasteiger partial charge in [-0.2, -0.15) is 0 Å². The van der Waals surface area contributed by atoms with E-state index >= 15 is 0 Å². The Kier molecular flexibility index (Phi) is 20.5. The minimum Gasteiger partial charge on any atom is -0.850 e. The maximum atomic E-state index is 10.1. The van der Waals surface area contributed by atoms with Gasteiger partial charge in [-0.1, -0.05) is 112 Å². The fraction of sp³-hybridized carbons (Fsp3) is 0.309. The number of rotatable bonds is 14. The standard InChI is InChI=1S/C29H31N5.C22H25N5.C4H9O.K.O2/c1-21-11-9-15-24-27(21)31-29(32-28(24)30-17-10-18-33(2)3)25-20-34(19-22-12-5-4-6-13-22)26-16-8-7-14-23(25)26;1-15-8-6-10-17-20(15)25-22(26-21(17)23-12-7-13-27(2)3)18-14-24-19-11-5-4-9-16(18)19;1-4(2,3)5;;1-2/h4-9,11-16,20H,10,17-19H2,1-3H3,(H,30,31,32);4-6,8-11,14,24H,7,12-13H2,1-3H3,(H,23,25,26);1-3H3;;/q;;-1;+1;. The molecule has 0 aliphatic rings. The van der Waals surface area contributed by atoms with E-state index in [-0.39, 0.29) is 51.4 Å². The molecule has 0 atom stereocenters. The van der Waals surface area contributed by atoms with E-state index in [0.29, 0.717) is 0 Å². The van der Waals surface area contributed by atoms with Gasteiger partial charge in [0.15, 0.2) is 11.6 Å². The summed E-state index contributed by atoms with van der Waals surface area (Å²) in [5, 5.41) is 21.7. The summed E-state index contributed by atoms with van der Waals surface area (Å²) in [6, 6.07) is 39.9. The van der Waals surface area contributed by atoms with E-state index in [2.05, 4.69) is 181 Å². The zero-order chi connectivity index (χ0) is 48.8. The Morgan fingerprint density at radius 1 is 0.594 bits per heavy atom. The van der Waals surface area contributed by atoms with Crippen LogP contribution in [0.25, 0.3) is 66.4 Å². The molecule has 0 radical (unpaired) electrons. The predicted octanol–water partition coefficient (Wildman–Crippen LogP) is 7.64. The molecule has 4 aromatic heterocycles. The van der Waals surface area contributed by atoms with Crippen molar-refractivity contribution in [2.24, 2.45) is 0 Å². The molecule has 0 unspecified atom stereocenters. The van der Waals surface area contributed by atoms with Crippen molar-refractivity contribution < 1.29 is 56.5 Å². The molecular formula is C55H65KN10O3. The molecule has 354 valence electrons. The van der Waals surface area contributed by atoms with Gasteiger partial charge in [-0.05, 0) is 109 Å². The van der Waals surface area contributed by atoms with E-state index in [1.165, 1.54) is 16.5 Å². The van der Waals surface area contributed by atoms with Crippen LogP contribution >= 0.6 is 0 Å². The maximum absolute atomic E-state index is 10.1. The van der Waals surface area contributed by atoms with Crippen LogP contribution in [0.5, 0.6) is 0 Å². The van der Waals surface area contributed by atoms with Crippen molar-refractivity contribution in [2.75, 3.05) is 65.0 Å². The molecule has 13 nitrogen and oxygen atoms in total. The van der Waals surface area contributed by atoms with Crippen LogP contribution in [0.1, 0.15) is 50.3 Å². The summed E-state index contributed by atoms with van der Waals surface area (Å²) in [6.07, 6.45) is 6.32. The zero-order valence-electron chi connectivity index (χ0n) is 41.9. The average molecular weight is 953 g/mol. The number of aromatic amines is 1. The molecule has 9 aromatic rings. The summed E-state index contributed by atoms with van der Waals surface area (Å²) in [5.41, 5.74) is 9.23. The van der Waals surface area contributed by atoms with Crippen molar-refractivity contribution in [3.05, 3.63) is 154 Å². The first-order valence-electron chi connectivity index (χ1n) is 23.1. The molecule has 14 heteroatoms. The van der Waals surface area contributed by atoms with Crippen LogP contribution in [-0.2, 0) is 6.54 Å². The number of H-pyrrole nitrogens is 1. The van der Waals surface area contributed by atoms with Gasteiger partial charge in [-0.15, -0.1) is 5.60 Å². The van der Waals surface area contributed by atoms with Gasteiger partial charge in [0.25, 0.3) is 0 Å². The van der Waals surface area contributed by atoms with E-state index in [0.717, 1.165) is 124 Å². The van der Waals surface area contributed by atoms with Crippen LogP contribution in [-0.4, -0.2) is 99.3 Å². The van der Waals surface area contributed by atoms with Crippen LogP contribution in [0.3, 0.4) is 0 Å². The Bertz CT molecular complexity index is 3030. The molecule has 5 aromatic carbocycles. The van der Waals surface area contributed by atoms with Crippen molar-refractivity contribution in [2.45, 2.75) is 59.6 Å². The van der Waals surface area contributed by atoms with Crippen LogP contribution in [0, 0.1) is 23.8 Å². The second-order valence-corrected chi connectivity index (χ2v) is 18.4. The molecule has 0 aliphatic carbocycles. The van der Waals surface area contributed by atoms with E-state index in [9.17, 15) is 5.11 Å². The number of aromatic nitrogens is 6. The smallest absolute Gasteiger partial charge is 0.850 e. The molecule has 0 amide bonds. The van der Waals surface area contributed by atoms with Gasteiger partial charge in [0, 0.05) is 85.7 Å². The van der Waals surface area contributed by atoms with E-state index in [1.807, 2.05) is 18.3 Å². The minimum absolute atomic E-state index is 0. The Labute approximate surface area is 448 Å². The third-order valence-corrected chi connectivity index (χ3v) is 11.1. The first-order chi connectivity index (χ1) is 32.7. The van der Waals surface area contributed by atoms with E-state index in [4.69, 9.17) is 29.9 Å². The van der Waals surface area contributed by atoms with Gasteiger partial charge in [-0.25, -0.2) is 19.9 Å². The fourth-order valence-corrected chi connectivity index (χ4v) is 7.90. The molecule has 3 N–H and O–H groups in total. The normalized spacial score (nSPS) is 11.1. The molecule has 0 bridgehead atoms. The SMILES string of the molecule is CC(C)(C)[O-].Cc1cccc2c(NCCCN(C)C)nc(-c3c[nH]c4ccccc34)nc12.Cc1cccc2c(NCCCN(C)C)nc(-c3cn(Cc4ccccc4)c4ccccc34)nc12.O=O.[K+]. The van der Waals surface area contributed by atoms with Gasteiger partial charge in [-0.3, -0.25) is 0 Å². The third-order valence-electron chi connectivity index (χ3n) is 11.1. The summed E-state index contributed by atoms with van der Waals surface area (Å²) < 4.78 is 2.30. The van der Waals surface area contributed by atoms with Crippen molar-refractivity contribution in [3.8, 4) is 22.8 Å². The number of anilines is 2. The van der Waals surface area contributed by atoms with Gasteiger partial charge in [0.1, 0.15) is 11.6 Å². The first-order valence-corrected chi connectivity index (χ1v) is 23.1. The van der Waals surface area contributed by atoms with Crippen LogP contribution in [0.4, 0.5) is 11.6 Å². The molecule has 0 aliphatic heterocycles. The topological polar surface area (TPSA) is 160 Å².